The van der Waals surface area contributed by atoms with Crippen LogP contribution in [0.4, 0.5) is 0 Å². The molecule has 0 aliphatic rings. The molecule has 0 bridgehead atoms. The number of hydrogen-bond acceptors (Lipinski definition) is 4. The molecule has 1 N–H and O–H groups in total. The highest BCUT2D eigenvalue weighted by Crippen LogP contribution is 2.07. The van der Waals surface area contributed by atoms with Gasteiger partial charge in [-0.2, -0.15) is 0 Å². The van der Waals surface area contributed by atoms with Gasteiger partial charge in [0.25, 0.3) is 0 Å². The van der Waals surface area contributed by atoms with Gasteiger partial charge < -0.3 is 10.1 Å². The summed E-state index contributed by atoms with van der Waals surface area (Å²) < 4.78 is 4.64. The number of carbonyl (C=O) groups excluding carboxylic acids is 2. The van der Waals surface area contributed by atoms with E-state index >= 15 is 0 Å². The van der Waals surface area contributed by atoms with Crippen molar-refractivity contribution in [3.05, 3.63) is 35.4 Å². The predicted molar refractivity (Wildman–Crippen MR) is 77.4 cm³/mol. The highest BCUT2D eigenvalue weighted by molar-refractivity contribution is 5.89. The van der Waals surface area contributed by atoms with E-state index in [0.29, 0.717) is 18.7 Å². The largest absolute Gasteiger partial charge is 0.465 e. The number of benzene rings is 1. The Hall–Kier alpha value is -1.88. The molecule has 0 radical (unpaired) electrons. The summed E-state index contributed by atoms with van der Waals surface area (Å²) in [4.78, 5) is 24.9. The van der Waals surface area contributed by atoms with Crippen LogP contribution in [-0.2, 0) is 16.1 Å². The van der Waals surface area contributed by atoms with E-state index in [1.165, 1.54) is 7.11 Å². The van der Waals surface area contributed by atoms with E-state index in [4.69, 9.17) is 0 Å². The van der Waals surface area contributed by atoms with Gasteiger partial charge >= 0.3 is 5.97 Å². The van der Waals surface area contributed by atoms with Gasteiger partial charge in [-0.05, 0) is 38.6 Å². The van der Waals surface area contributed by atoms with Crippen molar-refractivity contribution >= 4 is 11.9 Å². The maximum absolute atomic E-state index is 11.6. The van der Waals surface area contributed by atoms with Gasteiger partial charge in [-0.3, -0.25) is 9.69 Å². The molecule has 0 aliphatic heterocycles. The zero-order valence-corrected chi connectivity index (χ0v) is 12.5. The van der Waals surface area contributed by atoms with E-state index in [9.17, 15) is 9.59 Å². The number of esters is 1. The van der Waals surface area contributed by atoms with Gasteiger partial charge in [-0.15, -0.1) is 0 Å². The normalized spacial score (nSPS) is 10.7. The zero-order chi connectivity index (χ0) is 15.1. The lowest BCUT2D eigenvalue weighted by atomic mass is 10.1. The number of nitrogens with one attached hydrogen (secondary N) is 1. The molecule has 110 valence electrons. The molecule has 20 heavy (non-hydrogen) atoms. The Balaban J connectivity index is 2.52. The van der Waals surface area contributed by atoms with Gasteiger partial charge in [-0.1, -0.05) is 12.1 Å². The maximum Gasteiger partial charge on any atom is 0.337 e. The molecule has 1 amide bonds. The minimum absolute atomic E-state index is 0.00804. The molecule has 5 nitrogen and oxygen atoms in total. The fourth-order valence-electron chi connectivity index (χ4n) is 1.84. The van der Waals surface area contributed by atoms with Gasteiger partial charge in [-0.25, -0.2) is 4.79 Å². The van der Waals surface area contributed by atoms with Crippen molar-refractivity contribution in [3.8, 4) is 0 Å². The zero-order valence-electron chi connectivity index (χ0n) is 12.5. The molecule has 1 aromatic rings. The van der Waals surface area contributed by atoms with E-state index < -0.39 is 0 Å². The number of likely N-dealkylation sites (N-methyl/N-ethyl adjacent to an activating group) is 1. The minimum Gasteiger partial charge on any atom is -0.465 e. The molecule has 1 rings (SSSR count). The molecule has 0 aromatic heterocycles. The third-order valence-electron chi connectivity index (χ3n) is 2.69. The van der Waals surface area contributed by atoms with Crippen LogP contribution in [0.25, 0.3) is 0 Å². The first kappa shape index (κ1) is 16.2. The Labute approximate surface area is 119 Å². The number of nitrogens with zero attached hydrogens (tertiary/aromatic N) is 1. The third-order valence-corrected chi connectivity index (χ3v) is 2.69. The number of rotatable bonds is 6. The van der Waals surface area contributed by atoms with Crippen molar-refractivity contribution in [2.45, 2.75) is 26.4 Å². The lowest BCUT2D eigenvalue weighted by Crippen LogP contribution is -2.38. The van der Waals surface area contributed by atoms with E-state index in [0.717, 1.165) is 5.56 Å². The molecular weight excluding hydrogens is 256 g/mol. The number of methoxy groups -OCH3 is 1. The number of carbonyl (C=O) groups is 2. The summed E-state index contributed by atoms with van der Waals surface area (Å²) in [6.45, 7) is 4.86. The molecule has 0 atom stereocenters. The molecule has 0 saturated heterocycles. The summed E-state index contributed by atoms with van der Waals surface area (Å²) in [6, 6.07) is 7.33. The Morgan fingerprint density at radius 3 is 2.35 bits per heavy atom. The third kappa shape index (κ3) is 5.40. The summed E-state index contributed by atoms with van der Waals surface area (Å²) in [5.41, 5.74) is 1.56. The second kappa shape index (κ2) is 7.65. The van der Waals surface area contributed by atoms with E-state index in [2.05, 4.69) is 10.1 Å². The highest BCUT2D eigenvalue weighted by atomic mass is 16.5. The summed E-state index contributed by atoms with van der Waals surface area (Å²) in [5.74, 6) is -0.338. The van der Waals surface area contributed by atoms with Gasteiger partial charge in [0.15, 0.2) is 0 Å². The Morgan fingerprint density at radius 1 is 1.25 bits per heavy atom. The smallest absolute Gasteiger partial charge is 0.337 e. The minimum atomic E-state index is -0.346. The highest BCUT2D eigenvalue weighted by Gasteiger charge is 2.09. The molecule has 0 saturated carbocycles. The van der Waals surface area contributed by atoms with Crippen LogP contribution in [0.2, 0.25) is 0 Å². The predicted octanol–water partition coefficient (Wildman–Crippen LogP) is 1.43. The Bertz CT molecular complexity index is 455. The van der Waals surface area contributed by atoms with Crippen LogP contribution >= 0.6 is 0 Å². The van der Waals surface area contributed by atoms with Crippen molar-refractivity contribution in [1.29, 1.82) is 0 Å². The summed E-state index contributed by atoms with van der Waals surface area (Å²) in [6.07, 6.45) is 0. The monoisotopic (exact) mass is 278 g/mol. The Morgan fingerprint density at radius 2 is 1.85 bits per heavy atom. The number of ether oxygens (including phenoxy) is 1. The molecule has 0 spiro atoms. The molecule has 1 aromatic carbocycles. The summed E-state index contributed by atoms with van der Waals surface area (Å²) in [7, 11) is 3.24. The first-order valence-corrected chi connectivity index (χ1v) is 6.57. The fraction of sp³-hybridized carbons (Fsp3) is 0.467. The lowest BCUT2D eigenvalue weighted by Gasteiger charge is -2.17. The van der Waals surface area contributed by atoms with E-state index in [1.54, 1.807) is 12.1 Å². The summed E-state index contributed by atoms with van der Waals surface area (Å²) >= 11 is 0. The average molecular weight is 278 g/mol. The van der Waals surface area contributed by atoms with Crippen molar-refractivity contribution < 1.29 is 14.3 Å². The Kier molecular flexibility index (Phi) is 6.18. The molecule has 5 heteroatoms. The van der Waals surface area contributed by atoms with Crippen LogP contribution in [0.1, 0.15) is 29.8 Å². The second-order valence-electron chi connectivity index (χ2n) is 5.08. The van der Waals surface area contributed by atoms with Crippen molar-refractivity contribution in [1.82, 2.24) is 10.2 Å². The second-order valence-corrected chi connectivity index (χ2v) is 5.08. The fourth-order valence-corrected chi connectivity index (χ4v) is 1.84. The SMILES string of the molecule is COC(=O)c1ccc(CN(C)CC(=O)NC(C)C)cc1. The maximum atomic E-state index is 11.6. The lowest BCUT2D eigenvalue weighted by molar-refractivity contribution is -0.122. The molecule has 0 fully saturated rings. The van der Waals surface area contributed by atoms with Gasteiger partial charge in [0.2, 0.25) is 5.91 Å². The van der Waals surface area contributed by atoms with Crippen molar-refractivity contribution in [3.63, 3.8) is 0 Å². The van der Waals surface area contributed by atoms with Crippen LogP contribution in [0.3, 0.4) is 0 Å². The quantitative estimate of drug-likeness (QED) is 0.800. The number of amides is 1. The van der Waals surface area contributed by atoms with E-state index in [-0.39, 0.29) is 17.9 Å². The molecule has 0 aliphatic carbocycles. The van der Waals surface area contributed by atoms with Crippen molar-refractivity contribution in [2.75, 3.05) is 20.7 Å². The molecule has 0 unspecified atom stereocenters. The topological polar surface area (TPSA) is 58.6 Å². The first-order valence-electron chi connectivity index (χ1n) is 6.57. The van der Waals surface area contributed by atoms with Crippen LogP contribution in [0.15, 0.2) is 24.3 Å². The van der Waals surface area contributed by atoms with Gasteiger partial charge in [0.1, 0.15) is 0 Å². The summed E-state index contributed by atoms with van der Waals surface area (Å²) in [5, 5.41) is 2.85. The van der Waals surface area contributed by atoms with Gasteiger partial charge in [0, 0.05) is 12.6 Å². The van der Waals surface area contributed by atoms with Crippen LogP contribution in [0.5, 0.6) is 0 Å². The average Bonchev–Trinajstić information content (AvgIpc) is 2.37. The van der Waals surface area contributed by atoms with E-state index in [1.807, 2.05) is 37.9 Å². The molecular formula is C15H22N2O3. The van der Waals surface area contributed by atoms with Crippen LogP contribution in [-0.4, -0.2) is 43.5 Å². The first-order chi connectivity index (χ1) is 9.42. The number of hydrogen-bond donors (Lipinski definition) is 1. The van der Waals surface area contributed by atoms with Crippen LogP contribution < -0.4 is 5.32 Å². The molecule has 0 heterocycles. The van der Waals surface area contributed by atoms with Crippen molar-refractivity contribution in [2.24, 2.45) is 0 Å². The van der Waals surface area contributed by atoms with Gasteiger partial charge in [0.05, 0.1) is 19.2 Å². The standard InChI is InChI=1S/C15H22N2O3/c1-11(2)16-14(18)10-17(3)9-12-5-7-13(8-6-12)15(19)20-4/h5-8,11H,9-10H2,1-4H3,(H,16,18). The van der Waals surface area contributed by atoms with Crippen LogP contribution in [0, 0.1) is 0 Å².